The van der Waals surface area contributed by atoms with Crippen LogP contribution in [0.1, 0.15) is 42.7 Å². The molecule has 0 saturated heterocycles. The summed E-state index contributed by atoms with van der Waals surface area (Å²) in [5.74, 6) is 0.739. The molecule has 0 nitrogen and oxygen atoms in total. The molecule has 0 radical (unpaired) electrons. The van der Waals surface area contributed by atoms with Crippen LogP contribution in [0.4, 0.5) is 4.39 Å². The van der Waals surface area contributed by atoms with Crippen molar-refractivity contribution in [2.45, 2.75) is 31.6 Å². The van der Waals surface area contributed by atoms with Crippen LogP contribution in [0, 0.1) is 5.82 Å². The van der Waals surface area contributed by atoms with Crippen LogP contribution in [-0.2, 0) is 0 Å². The van der Waals surface area contributed by atoms with E-state index in [4.69, 9.17) is 0 Å². The van der Waals surface area contributed by atoms with Gasteiger partial charge in [0, 0.05) is 0 Å². The summed E-state index contributed by atoms with van der Waals surface area (Å²) in [5.41, 5.74) is 2.20. The van der Waals surface area contributed by atoms with Crippen LogP contribution in [0.2, 0.25) is 0 Å². The van der Waals surface area contributed by atoms with Gasteiger partial charge in [-0.2, -0.15) is 0 Å². The normalized spacial score (nSPS) is 17.9. The van der Waals surface area contributed by atoms with Gasteiger partial charge < -0.3 is 0 Å². The average molecular weight is 190 g/mol. The molecule has 0 aromatic heterocycles. The number of hydrogen-bond acceptors (Lipinski definition) is 0. The first-order valence-corrected chi connectivity index (χ1v) is 5.13. The molecule has 1 aliphatic rings. The van der Waals surface area contributed by atoms with Gasteiger partial charge >= 0.3 is 0 Å². The highest BCUT2D eigenvalue weighted by molar-refractivity contribution is 5.33. The van der Waals surface area contributed by atoms with Crippen LogP contribution in [0.3, 0.4) is 0 Å². The molecule has 1 aromatic rings. The first kappa shape index (κ1) is 9.45. The second-order valence-corrected chi connectivity index (χ2v) is 4.12. The molecule has 0 spiro atoms. The lowest BCUT2D eigenvalue weighted by Crippen LogP contribution is -1.93. The maximum atomic E-state index is 13.3. The van der Waals surface area contributed by atoms with E-state index in [0.29, 0.717) is 5.92 Å². The minimum Gasteiger partial charge on any atom is -0.207 e. The Morgan fingerprint density at radius 1 is 1.43 bits per heavy atom. The summed E-state index contributed by atoms with van der Waals surface area (Å²) in [6.07, 6.45) is 4.28. The maximum absolute atomic E-state index is 13.3. The number of rotatable bonds is 3. The molecule has 1 aromatic carbocycles. The van der Waals surface area contributed by atoms with Gasteiger partial charge in [0.25, 0.3) is 0 Å². The zero-order valence-electron chi connectivity index (χ0n) is 8.46. The molecule has 0 N–H and O–H groups in total. The second kappa shape index (κ2) is 3.56. The van der Waals surface area contributed by atoms with Crippen molar-refractivity contribution < 1.29 is 4.39 Å². The number of benzene rings is 1. The summed E-state index contributed by atoms with van der Waals surface area (Å²) in [4.78, 5) is 0. The van der Waals surface area contributed by atoms with Gasteiger partial charge in [0.1, 0.15) is 5.82 Å². The zero-order chi connectivity index (χ0) is 10.1. The highest BCUT2D eigenvalue weighted by Crippen LogP contribution is 2.41. The zero-order valence-corrected chi connectivity index (χ0v) is 8.46. The molecule has 1 aliphatic carbocycles. The second-order valence-electron chi connectivity index (χ2n) is 4.12. The Balaban J connectivity index is 2.35. The van der Waals surface area contributed by atoms with Gasteiger partial charge in [0.05, 0.1) is 0 Å². The molecule has 0 aliphatic heterocycles. The molecule has 1 atom stereocenters. The molecule has 0 amide bonds. The van der Waals surface area contributed by atoms with E-state index < -0.39 is 0 Å². The number of hydrogen-bond donors (Lipinski definition) is 0. The van der Waals surface area contributed by atoms with E-state index in [1.807, 2.05) is 13.0 Å². The van der Waals surface area contributed by atoms with Crippen molar-refractivity contribution in [3.05, 3.63) is 47.8 Å². The van der Waals surface area contributed by atoms with E-state index in [9.17, 15) is 4.39 Å². The van der Waals surface area contributed by atoms with Gasteiger partial charge in [-0.3, -0.25) is 0 Å². The van der Waals surface area contributed by atoms with Crippen molar-refractivity contribution in [3.63, 3.8) is 0 Å². The minimum atomic E-state index is -0.113. The smallest absolute Gasteiger partial charge is 0.123 e. The quantitative estimate of drug-likeness (QED) is 0.632. The SMILES string of the molecule is C=CC(C)c1cc(F)cc(C2CC2)c1. The Bertz CT molecular complexity index is 350. The van der Waals surface area contributed by atoms with Crippen LogP contribution < -0.4 is 0 Å². The summed E-state index contributed by atoms with van der Waals surface area (Å²) < 4.78 is 13.3. The van der Waals surface area contributed by atoms with Crippen LogP contribution in [0.5, 0.6) is 0 Å². The Kier molecular flexibility index (Phi) is 2.40. The first-order chi connectivity index (χ1) is 6.70. The number of halogens is 1. The fraction of sp³-hybridized carbons (Fsp3) is 0.385. The molecule has 74 valence electrons. The fourth-order valence-electron chi connectivity index (χ4n) is 1.69. The highest BCUT2D eigenvalue weighted by atomic mass is 19.1. The molecular formula is C13H15F. The molecule has 1 fully saturated rings. The van der Waals surface area contributed by atoms with Crippen molar-refractivity contribution >= 4 is 0 Å². The predicted octanol–water partition coefficient (Wildman–Crippen LogP) is 3.99. The third-order valence-electron chi connectivity index (χ3n) is 2.87. The average Bonchev–Trinajstić information content (AvgIpc) is 2.98. The van der Waals surface area contributed by atoms with Gasteiger partial charge in [0.15, 0.2) is 0 Å². The lowest BCUT2D eigenvalue weighted by Gasteiger charge is -2.08. The van der Waals surface area contributed by atoms with Crippen molar-refractivity contribution in [2.75, 3.05) is 0 Å². The molecular weight excluding hydrogens is 175 g/mol. The predicted molar refractivity (Wildman–Crippen MR) is 57.0 cm³/mol. The summed E-state index contributed by atoms with van der Waals surface area (Å²) in [6, 6.07) is 5.39. The molecule has 1 unspecified atom stereocenters. The van der Waals surface area contributed by atoms with E-state index in [2.05, 4.69) is 12.6 Å². The van der Waals surface area contributed by atoms with Crippen LogP contribution >= 0.6 is 0 Å². The maximum Gasteiger partial charge on any atom is 0.123 e. The van der Waals surface area contributed by atoms with E-state index >= 15 is 0 Å². The third kappa shape index (κ3) is 1.87. The Morgan fingerprint density at radius 3 is 2.71 bits per heavy atom. The Morgan fingerprint density at radius 2 is 2.14 bits per heavy atom. The first-order valence-electron chi connectivity index (χ1n) is 5.13. The Hall–Kier alpha value is -1.11. The topological polar surface area (TPSA) is 0 Å². The summed E-state index contributed by atoms with van der Waals surface area (Å²) in [5, 5.41) is 0. The van der Waals surface area contributed by atoms with Gasteiger partial charge in [-0.25, -0.2) is 4.39 Å². The van der Waals surface area contributed by atoms with Gasteiger partial charge in [-0.1, -0.05) is 19.1 Å². The van der Waals surface area contributed by atoms with Crippen LogP contribution in [0.25, 0.3) is 0 Å². The highest BCUT2D eigenvalue weighted by Gasteiger charge is 2.24. The van der Waals surface area contributed by atoms with Crippen LogP contribution in [0.15, 0.2) is 30.9 Å². The largest absolute Gasteiger partial charge is 0.207 e. The third-order valence-corrected chi connectivity index (χ3v) is 2.87. The fourth-order valence-corrected chi connectivity index (χ4v) is 1.69. The molecule has 0 heterocycles. The molecule has 2 rings (SSSR count). The van der Waals surface area contributed by atoms with Gasteiger partial charge in [0.2, 0.25) is 0 Å². The van der Waals surface area contributed by atoms with Crippen molar-refractivity contribution in [1.29, 1.82) is 0 Å². The van der Waals surface area contributed by atoms with E-state index in [0.717, 1.165) is 11.1 Å². The number of allylic oxidation sites excluding steroid dienone is 1. The lowest BCUT2D eigenvalue weighted by atomic mass is 9.97. The molecule has 14 heavy (non-hydrogen) atoms. The van der Waals surface area contributed by atoms with Crippen molar-refractivity contribution in [3.8, 4) is 0 Å². The minimum absolute atomic E-state index is 0.113. The molecule has 1 heteroatoms. The monoisotopic (exact) mass is 190 g/mol. The van der Waals surface area contributed by atoms with Crippen molar-refractivity contribution in [2.24, 2.45) is 0 Å². The van der Waals surface area contributed by atoms with Crippen LogP contribution in [-0.4, -0.2) is 0 Å². The van der Waals surface area contributed by atoms with E-state index in [1.165, 1.54) is 12.8 Å². The summed E-state index contributed by atoms with van der Waals surface area (Å²) in [6.45, 7) is 5.77. The van der Waals surface area contributed by atoms with Gasteiger partial charge in [-0.05, 0) is 47.9 Å². The molecule has 1 saturated carbocycles. The Labute approximate surface area is 84.5 Å². The van der Waals surface area contributed by atoms with E-state index in [-0.39, 0.29) is 11.7 Å². The van der Waals surface area contributed by atoms with Gasteiger partial charge in [-0.15, -0.1) is 6.58 Å². The lowest BCUT2D eigenvalue weighted by molar-refractivity contribution is 0.622. The van der Waals surface area contributed by atoms with Crippen molar-refractivity contribution in [1.82, 2.24) is 0 Å². The standard InChI is InChI=1S/C13H15F/c1-3-9(2)11-6-12(10-4-5-10)8-13(14)7-11/h3,6-10H,1,4-5H2,2H3. The van der Waals surface area contributed by atoms with E-state index in [1.54, 1.807) is 12.1 Å². The molecule has 0 bridgehead atoms. The summed E-state index contributed by atoms with van der Waals surface area (Å²) in [7, 11) is 0. The summed E-state index contributed by atoms with van der Waals surface area (Å²) >= 11 is 0.